The molecule has 1 aromatic carbocycles. The van der Waals surface area contributed by atoms with Gasteiger partial charge < -0.3 is 5.32 Å². The number of rotatable bonds is 5. The summed E-state index contributed by atoms with van der Waals surface area (Å²) in [7, 11) is 0. The van der Waals surface area contributed by atoms with E-state index >= 15 is 0 Å². The molecule has 0 fully saturated rings. The van der Waals surface area contributed by atoms with Crippen molar-refractivity contribution in [2.24, 2.45) is 0 Å². The lowest BCUT2D eigenvalue weighted by Crippen LogP contribution is -2.22. The summed E-state index contributed by atoms with van der Waals surface area (Å²) in [6, 6.07) is 11.0. The number of hydrogen-bond donors (Lipinski definition) is 1. The zero-order valence-corrected chi connectivity index (χ0v) is 16.0. The predicted molar refractivity (Wildman–Crippen MR) is 94.0 cm³/mol. The zero-order chi connectivity index (χ0) is 13.8. The highest BCUT2D eigenvalue weighted by atomic mass is 79.9. The molecule has 1 N–H and O–H groups in total. The van der Waals surface area contributed by atoms with Crippen molar-refractivity contribution < 1.29 is 0 Å². The fourth-order valence-corrected chi connectivity index (χ4v) is 4.57. The molecular weight excluding hydrogens is 454 g/mol. The summed E-state index contributed by atoms with van der Waals surface area (Å²) in [6.07, 6.45) is 0.993. The van der Waals surface area contributed by atoms with Crippen molar-refractivity contribution in [1.29, 1.82) is 0 Å². The second-order valence-corrected chi connectivity index (χ2v) is 8.39. The molecule has 1 nitrogen and oxygen atoms in total. The van der Waals surface area contributed by atoms with Crippen LogP contribution in [0, 0.1) is 0 Å². The number of thiophene rings is 1. The first-order chi connectivity index (χ1) is 9.10. The SMILES string of the molecule is CCNC(Cc1cccc(Br)c1)c1cc(Br)c(Br)s1. The summed E-state index contributed by atoms with van der Waals surface area (Å²) in [4.78, 5) is 1.35. The monoisotopic (exact) mass is 465 g/mol. The molecule has 0 spiro atoms. The lowest BCUT2D eigenvalue weighted by molar-refractivity contribution is 0.558. The highest BCUT2D eigenvalue weighted by Crippen LogP contribution is 2.36. The van der Waals surface area contributed by atoms with E-state index in [1.54, 1.807) is 11.3 Å². The summed E-state index contributed by atoms with van der Waals surface area (Å²) in [5, 5.41) is 3.56. The molecule has 0 amide bonds. The van der Waals surface area contributed by atoms with Crippen LogP contribution in [0.3, 0.4) is 0 Å². The van der Waals surface area contributed by atoms with Gasteiger partial charge in [-0.1, -0.05) is 35.0 Å². The Morgan fingerprint density at radius 3 is 2.58 bits per heavy atom. The van der Waals surface area contributed by atoms with E-state index < -0.39 is 0 Å². The van der Waals surface area contributed by atoms with Gasteiger partial charge >= 0.3 is 0 Å². The van der Waals surface area contributed by atoms with Crippen LogP contribution in [-0.2, 0) is 6.42 Å². The maximum Gasteiger partial charge on any atom is 0.0843 e. The molecule has 0 aliphatic carbocycles. The van der Waals surface area contributed by atoms with E-state index in [9.17, 15) is 0 Å². The van der Waals surface area contributed by atoms with Gasteiger partial charge in [-0.25, -0.2) is 0 Å². The lowest BCUT2D eigenvalue weighted by Gasteiger charge is -2.16. The molecule has 1 aromatic heterocycles. The van der Waals surface area contributed by atoms with Gasteiger partial charge in [0.1, 0.15) is 0 Å². The second-order valence-electron chi connectivity index (χ2n) is 4.21. The third-order valence-electron chi connectivity index (χ3n) is 2.79. The highest BCUT2D eigenvalue weighted by Gasteiger charge is 2.15. The molecule has 0 saturated heterocycles. The van der Waals surface area contributed by atoms with Gasteiger partial charge in [0.15, 0.2) is 0 Å². The normalized spacial score (nSPS) is 12.6. The van der Waals surface area contributed by atoms with Crippen molar-refractivity contribution in [3.8, 4) is 0 Å². The van der Waals surface area contributed by atoms with Crippen LogP contribution in [0.2, 0.25) is 0 Å². The molecule has 19 heavy (non-hydrogen) atoms. The lowest BCUT2D eigenvalue weighted by atomic mass is 10.0. The largest absolute Gasteiger partial charge is 0.309 e. The van der Waals surface area contributed by atoms with Crippen molar-refractivity contribution in [1.82, 2.24) is 5.32 Å². The van der Waals surface area contributed by atoms with Crippen LogP contribution in [0.1, 0.15) is 23.4 Å². The van der Waals surface area contributed by atoms with Gasteiger partial charge in [-0.3, -0.25) is 0 Å². The fraction of sp³-hybridized carbons (Fsp3) is 0.286. The van der Waals surface area contributed by atoms with Gasteiger partial charge in [0.2, 0.25) is 0 Å². The standard InChI is InChI=1S/C14H14Br3NS/c1-2-18-12(13-8-11(16)14(17)19-13)7-9-4-3-5-10(15)6-9/h3-6,8,12,18H,2,7H2,1H3. The predicted octanol–water partition coefficient (Wildman–Crippen LogP) is 5.93. The van der Waals surface area contributed by atoms with Crippen molar-refractivity contribution in [3.63, 3.8) is 0 Å². The van der Waals surface area contributed by atoms with E-state index in [0.29, 0.717) is 6.04 Å². The summed E-state index contributed by atoms with van der Waals surface area (Å²) in [6.45, 7) is 3.11. The summed E-state index contributed by atoms with van der Waals surface area (Å²) < 4.78 is 3.41. The molecule has 1 unspecified atom stereocenters. The minimum atomic E-state index is 0.354. The van der Waals surface area contributed by atoms with Crippen LogP contribution in [0.5, 0.6) is 0 Å². The van der Waals surface area contributed by atoms with Gasteiger partial charge in [-0.05, 0) is 68.6 Å². The van der Waals surface area contributed by atoms with Crippen molar-refractivity contribution in [2.75, 3.05) is 6.54 Å². The Bertz CT molecular complexity index is 534. The Morgan fingerprint density at radius 2 is 2.00 bits per heavy atom. The maximum absolute atomic E-state index is 3.57. The van der Waals surface area contributed by atoms with Crippen LogP contribution in [0.4, 0.5) is 0 Å². The quantitative estimate of drug-likeness (QED) is 0.574. The molecule has 1 heterocycles. The molecule has 0 aliphatic rings. The molecule has 0 saturated carbocycles. The first-order valence-electron chi connectivity index (χ1n) is 6.02. The van der Waals surface area contributed by atoms with Gasteiger partial charge in [-0.2, -0.15) is 0 Å². The number of halogens is 3. The Hall–Kier alpha value is 0.320. The number of hydrogen-bond acceptors (Lipinski definition) is 2. The second kappa shape index (κ2) is 7.36. The fourth-order valence-electron chi connectivity index (χ4n) is 1.95. The van der Waals surface area contributed by atoms with Crippen LogP contribution in [0.25, 0.3) is 0 Å². The third-order valence-corrected chi connectivity index (χ3v) is 6.65. The van der Waals surface area contributed by atoms with E-state index in [4.69, 9.17) is 0 Å². The van der Waals surface area contributed by atoms with Crippen LogP contribution < -0.4 is 5.32 Å². The average Bonchev–Trinajstić information content (AvgIpc) is 2.69. The van der Waals surface area contributed by atoms with E-state index in [-0.39, 0.29) is 0 Å². The van der Waals surface area contributed by atoms with Crippen molar-refractivity contribution in [2.45, 2.75) is 19.4 Å². The minimum absolute atomic E-state index is 0.354. The van der Waals surface area contributed by atoms with Gasteiger partial charge in [0.05, 0.1) is 3.79 Å². The molecule has 0 radical (unpaired) electrons. The minimum Gasteiger partial charge on any atom is -0.309 e. The highest BCUT2D eigenvalue weighted by molar-refractivity contribution is 9.13. The van der Waals surface area contributed by atoms with Gasteiger partial charge in [-0.15, -0.1) is 11.3 Å². The van der Waals surface area contributed by atoms with Gasteiger partial charge in [0, 0.05) is 19.9 Å². The third kappa shape index (κ3) is 4.39. The smallest absolute Gasteiger partial charge is 0.0843 e. The van der Waals surface area contributed by atoms with Crippen molar-refractivity contribution >= 4 is 59.1 Å². The van der Waals surface area contributed by atoms with E-state index in [2.05, 4.69) is 90.4 Å². The summed E-state index contributed by atoms with van der Waals surface area (Å²) >= 11 is 12.4. The summed E-state index contributed by atoms with van der Waals surface area (Å²) in [5.74, 6) is 0. The van der Waals surface area contributed by atoms with Crippen molar-refractivity contribution in [3.05, 3.63) is 53.5 Å². The van der Waals surface area contributed by atoms with E-state index in [0.717, 1.165) is 25.7 Å². The number of likely N-dealkylation sites (N-methyl/N-ethyl adjacent to an activating group) is 1. The number of benzene rings is 1. The van der Waals surface area contributed by atoms with Crippen LogP contribution in [0.15, 0.2) is 43.1 Å². The molecular formula is C14H14Br3NS. The molecule has 5 heteroatoms. The number of nitrogens with one attached hydrogen (secondary N) is 1. The molecule has 102 valence electrons. The molecule has 0 aliphatic heterocycles. The molecule has 2 aromatic rings. The molecule has 2 rings (SSSR count). The summed E-state index contributed by atoms with van der Waals surface area (Å²) in [5.41, 5.74) is 1.33. The van der Waals surface area contributed by atoms with Crippen LogP contribution >= 0.6 is 59.1 Å². The maximum atomic E-state index is 3.57. The Kier molecular flexibility index (Phi) is 6.09. The van der Waals surface area contributed by atoms with Gasteiger partial charge in [0.25, 0.3) is 0 Å². The first kappa shape index (κ1) is 15.7. The topological polar surface area (TPSA) is 12.0 Å². The first-order valence-corrected chi connectivity index (χ1v) is 9.22. The zero-order valence-electron chi connectivity index (χ0n) is 10.4. The Balaban J connectivity index is 2.20. The molecule has 0 bridgehead atoms. The Labute approximate surface area is 143 Å². The Morgan fingerprint density at radius 1 is 1.21 bits per heavy atom. The van der Waals surface area contributed by atoms with Crippen LogP contribution in [-0.4, -0.2) is 6.54 Å². The average molecular weight is 468 g/mol. The molecule has 1 atom stereocenters. The van der Waals surface area contributed by atoms with E-state index in [1.165, 1.54) is 10.4 Å². The van der Waals surface area contributed by atoms with E-state index in [1.807, 2.05) is 0 Å².